The number of aryl methyl sites for hydroxylation is 3. The van der Waals surface area contributed by atoms with Crippen molar-refractivity contribution in [2.24, 2.45) is 0 Å². The normalized spacial score (nSPS) is 10.6. The Kier molecular flexibility index (Phi) is 3.29. The summed E-state index contributed by atoms with van der Waals surface area (Å²) in [6.07, 6.45) is 1.01. The van der Waals surface area contributed by atoms with E-state index >= 15 is 0 Å². The van der Waals surface area contributed by atoms with E-state index in [1.807, 2.05) is 18.5 Å². The second-order valence-corrected chi connectivity index (χ2v) is 2.87. The van der Waals surface area contributed by atoms with Gasteiger partial charge >= 0.3 is 0 Å². The lowest BCUT2D eigenvalue weighted by atomic mass is 10.4. The fourth-order valence-corrected chi connectivity index (χ4v) is 1.18. The van der Waals surface area contributed by atoms with Crippen molar-refractivity contribution in [1.29, 1.82) is 0 Å². The van der Waals surface area contributed by atoms with Crippen LogP contribution in [0.15, 0.2) is 0 Å². The molecule has 0 aliphatic heterocycles. The lowest BCUT2D eigenvalue weighted by Crippen LogP contribution is -2.04. The van der Waals surface area contributed by atoms with E-state index in [2.05, 4.69) is 11.2 Å². The van der Waals surface area contributed by atoms with Crippen LogP contribution in [0.5, 0.6) is 0 Å². The Morgan fingerprint density at radius 3 is 2.75 bits per heavy atom. The molecule has 0 N–H and O–H groups in total. The lowest BCUT2D eigenvalue weighted by Gasteiger charge is -2.02. The van der Waals surface area contributed by atoms with Crippen molar-refractivity contribution in [2.45, 2.75) is 26.8 Å². The molecule has 1 aromatic rings. The van der Waals surface area contributed by atoms with Crippen molar-refractivity contribution < 1.29 is 4.74 Å². The van der Waals surface area contributed by atoms with Crippen molar-refractivity contribution in [3.05, 3.63) is 17.5 Å². The molecule has 1 aromatic heterocycles. The first-order valence-corrected chi connectivity index (χ1v) is 4.16. The van der Waals surface area contributed by atoms with Gasteiger partial charge in [0.05, 0.1) is 5.69 Å². The van der Waals surface area contributed by atoms with Gasteiger partial charge < -0.3 is 4.74 Å². The van der Waals surface area contributed by atoms with Crippen LogP contribution in [0.1, 0.15) is 17.8 Å². The number of nitrogens with zero attached hydrogens (tertiary/aromatic N) is 2. The van der Waals surface area contributed by atoms with Crippen molar-refractivity contribution in [3.8, 4) is 0 Å². The summed E-state index contributed by atoms with van der Waals surface area (Å²) in [6.45, 7) is 5.69. The maximum atomic E-state index is 4.96. The van der Waals surface area contributed by atoms with Crippen LogP contribution in [0, 0.1) is 19.9 Å². The Bertz CT molecular complexity index is 243. The highest BCUT2D eigenvalue weighted by Gasteiger charge is 1.99. The van der Waals surface area contributed by atoms with Crippen LogP contribution in [0.3, 0.4) is 0 Å². The summed E-state index contributed by atoms with van der Waals surface area (Å²) in [6, 6.07) is 3.15. The van der Waals surface area contributed by atoms with Crippen LogP contribution in [0.4, 0.5) is 0 Å². The first-order chi connectivity index (χ1) is 5.74. The van der Waals surface area contributed by atoms with Crippen LogP contribution < -0.4 is 0 Å². The molecule has 0 fully saturated rings. The summed E-state index contributed by atoms with van der Waals surface area (Å²) in [5, 5.41) is 4.29. The Balaban J connectivity index is 2.45. The predicted octanol–water partition coefficient (Wildman–Crippen LogP) is 1.34. The summed E-state index contributed by atoms with van der Waals surface area (Å²) >= 11 is 0. The number of methoxy groups -OCH3 is 1. The zero-order chi connectivity index (χ0) is 8.97. The van der Waals surface area contributed by atoms with E-state index in [9.17, 15) is 0 Å². The minimum atomic E-state index is 0.790. The zero-order valence-electron chi connectivity index (χ0n) is 7.92. The van der Waals surface area contributed by atoms with Gasteiger partial charge in [0, 0.05) is 32.0 Å². The van der Waals surface area contributed by atoms with Gasteiger partial charge in [-0.1, -0.05) is 0 Å². The predicted molar refractivity (Wildman–Crippen MR) is 47.0 cm³/mol. The molecule has 67 valence electrons. The zero-order valence-corrected chi connectivity index (χ0v) is 7.92. The quantitative estimate of drug-likeness (QED) is 0.633. The molecule has 1 heterocycles. The van der Waals surface area contributed by atoms with E-state index < -0.39 is 0 Å². The summed E-state index contributed by atoms with van der Waals surface area (Å²) in [5.74, 6) is 0. The van der Waals surface area contributed by atoms with E-state index in [0.29, 0.717) is 0 Å². The molecular formula is C9H15N2O. The van der Waals surface area contributed by atoms with Crippen molar-refractivity contribution in [1.82, 2.24) is 9.78 Å². The maximum Gasteiger partial charge on any atom is 0.0676 e. The largest absolute Gasteiger partial charge is 0.385 e. The standard InChI is InChI=1S/C9H15N2O/c1-8-7-9(2)11(10-8)5-4-6-12-3/h4-6H2,1-3H3. The van der Waals surface area contributed by atoms with Gasteiger partial charge in [0.1, 0.15) is 0 Å². The molecule has 0 spiro atoms. The minimum Gasteiger partial charge on any atom is -0.385 e. The molecule has 3 nitrogen and oxygen atoms in total. The number of aromatic nitrogens is 2. The van der Waals surface area contributed by atoms with E-state index in [0.717, 1.165) is 31.0 Å². The average Bonchev–Trinajstić information content (AvgIpc) is 2.31. The van der Waals surface area contributed by atoms with Gasteiger partial charge in [0.15, 0.2) is 0 Å². The van der Waals surface area contributed by atoms with Crippen molar-refractivity contribution in [3.63, 3.8) is 0 Å². The minimum absolute atomic E-state index is 0.790. The fraction of sp³-hybridized carbons (Fsp3) is 0.667. The topological polar surface area (TPSA) is 27.1 Å². The fourth-order valence-electron chi connectivity index (χ4n) is 1.18. The van der Waals surface area contributed by atoms with Gasteiger partial charge in [-0.05, 0) is 20.3 Å². The summed E-state index contributed by atoms with van der Waals surface area (Å²) in [5.41, 5.74) is 2.06. The Labute approximate surface area is 73.3 Å². The van der Waals surface area contributed by atoms with E-state index in [1.54, 1.807) is 7.11 Å². The van der Waals surface area contributed by atoms with Gasteiger partial charge in [0.25, 0.3) is 0 Å². The van der Waals surface area contributed by atoms with Gasteiger partial charge in [-0.15, -0.1) is 0 Å². The Morgan fingerprint density at radius 1 is 1.50 bits per heavy atom. The Hall–Kier alpha value is -0.830. The van der Waals surface area contributed by atoms with Crippen LogP contribution in [-0.4, -0.2) is 23.5 Å². The van der Waals surface area contributed by atoms with Gasteiger partial charge in [-0.2, -0.15) is 5.10 Å². The third kappa shape index (κ3) is 2.34. The highest BCUT2D eigenvalue weighted by molar-refractivity contribution is 5.03. The molecule has 0 saturated carbocycles. The summed E-state index contributed by atoms with van der Waals surface area (Å²) in [7, 11) is 1.72. The van der Waals surface area contributed by atoms with Gasteiger partial charge in [-0.25, -0.2) is 0 Å². The Morgan fingerprint density at radius 2 is 2.25 bits per heavy atom. The molecule has 0 atom stereocenters. The summed E-state index contributed by atoms with van der Waals surface area (Å²) in [4.78, 5) is 0. The molecule has 0 saturated heterocycles. The molecule has 1 rings (SSSR count). The van der Waals surface area contributed by atoms with Crippen LogP contribution in [0.25, 0.3) is 0 Å². The lowest BCUT2D eigenvalue weighted by molar-refractivity contribution is 0.188. The smallest absolute Gasteiger partial charge is 0.0676 e. The van der Waals surface area contributed by atoms with Crippen LogP contribution in [-0.2, 0) is 11.3 Å². The molecule has 1 radical (unpaired) electrons. The van der Waals surface area contributed by atoms with Gasteiger partial charge in [0.2, 0.25) is 0 Å². The second-order valence-electron chi connectivity index (χ2n) is 2.87. The first kappa shape index (κ1) is 9.26. The molecule has 0 amide bonds. The number of ether oxygens (including phenoxy) is 1. The average molecular weight is 167 g/mol. The molecule has 0 aliphatic rings. The van der Waals surface area contributed by atoms with Crippen molar-refractivity contribution in [2.75, 3.05) is 13.7 Å². The van der Waals surface area contributed by atoms with Gasteiger partial charge in [-0.3, -0.25) is 4.68 Å². The highest BCUT2D eigenvalue weighted by Crippen LogP contribution is 2.01. The molecule has 0 unspecified atom stereocenters. The van der Waals surface area contributed by atoms with Crippen molar-refractivity contribution >= 4 is 0 Å². The van der Waals surface area contributed by atoms with E-state index in [4.69, 9.17) is 4.74 Å². The second kappa shape index (κ2) is 4.26. The number of hydrogen-bond donors (Lipinski definition) is 0. The number of hydrogen-bond acceptors (Lipinski definition) is 2. The SMILES string of the molecule is COCCCn1nc(C)[c]c1C. The molecule has 0 aliphatic carbocycles. The maximum absolute atomic E-state index is 4.96. The molecule has 0 aromatic carbocycles. The third-order valence-corrected chi connectivity index (χ3v) is 1.74. The molecule has 3 heteroatoms. The van der Waals surface area contributed by atoms with E-state index in [1.165, 1.54) is 0 Å². The van der Waals surface area contributed by atoms with Crippen LogP contribution >= 0.6 is 0 Å². The monoisotopic (exact) mass is 167 g/mol. The molecular weight excluding hydrogens is 152 g/mol. The third-order valence-electron chi connectivity index (χ3n) is 1.74. The molecule has 0 bridgehead atoms. The summed E-state index contributed by atoms with van der Waals surface area (Å²) < 4.78 is 6.93. The molecule has 12 heavy (non-hydrogen) atoms. The number of rotatable bonds is 4. The highest BCUT2D eigenvalue weighted by atomic mass is 16.5. The van der Waals surface area contributed by atoms with Crippen LogP contribution in [0.2, 0.25) is 0 Å². The van der Waals surface area contributed by atoms with E-state index in [-0.39, 0.29) is 0 Å². The first-order valence-electron chi connectivity index (χ1n) is 4.16.